The second-order valence-corrected chi connectivity index (χ2v) is 7.46. The summed E-state index contributed by atoms with van der Waals surface area (Å²) in [4.78, 5) is 23.6. The Hall–Kier alpha value is -3.44. The first kappa shape index (κ1) is 17.6. The molecule has 142 valence electrons. The zero-order valence-corrected chi connectivity index (χ0v) is 16.4. The van der Waals surface area contributed by atoms with Gasteiger partial charge in [-0.25, -0.2) is 9.79 Å². The summed E-state index contributed by atoms with van der Waals surface area (Å²) >= 11 is 6.06. The van der Waals surface area contributed by atoms with E-state index in [0.717, 1.165) is 28.2 Å². The van der Waals surface area contributed by atoms with E-state index in [1.54, 1.807) is 0 Å². The third kappa shape index (κ3) is 3.09. The third-order valence-electron chi connectivity index (χ3n) is 5.05. The number of urea groups is 1. The van der Waals surface area contributed by atoms with Crippen molar-refractivity contribution in [1.29, 1.82) is 0 Å². The Morgan fingerprint density at radius 2 is 1.66 bits per heavy atom. The number of rotatable bonds is 2. The molecule has 5 nitrogen and oxygen atoms in total. The monoisotopic (exact) mass is 400 g/mol. The van der Waals surface area contributed by atoms with Crippen molar-refractivity contribution >= 4 is 35.0 Å². The summed E-state index contributed by atoms with van der Waals surface area (Å²) in [5, 5.41) is 3.60. The highest BCUT2D eigenvalue weighted by atomic mass is 35.5. The Bertz CT molecular complexity index is 1170. The van der Waals surface area contributed by atoms with E-state index in [0.29, 0.717) is 10.9 Å². The van der Waals surface area contributed by atoms with Crippen LogP contribution in [-0.2, 0) is 0 Å². The maximum absolute atomic E-state index is 12.4. The molecule has 1 atom stereocenters. The van der Waals surface area contributed by atoms with E-state index in [1.165, 1.54) is 5.56 Å². The van der Waals surface area contributed by atoms with Crippen LogP contribution < -0.4 is 5.32 Å². The molecule has 29 heavy (non-hydrogen) atoms. The molecule has 0 radical (unpaired) electrons. The maximum atomic E-state index is 12.4. The fourth-order valence-corrected chi connectivity index (χ4v) is 3.76. The normalized spacial score (nSPS) is 18.9. The number of aryl methyl sites for hydroxylation is 1. The topological polar surface area (TPSA) is 57.1 Å². The van der Waals surface area contributed by atoms with Crippen LogP contribution in [0.4, 0.5) is 10.5 Å². The molecule has 5 rings (SSSR count). The summed E-state index contributed by atoms with van der Waals surface area (Å²) in [5.41, 5.74) is 4.76. The van der Waals surface area contributed by atoms with Crippen molar-refractivity contribution in [3.05, 3.63) is 100 Å². The fraction of sp³-hybridized carbons (Fsp3) is 0.0870. The van der Waals surface area contributed by atoms with Gasteiger partial charge in [0.15, 0.2) is 0 Å². The van der Waals surface area contributed by atoms with Gasteiger partial charge in [0.1, 0.15) is 17.8 Å². The lowest BCUT2D eigenvalue weighted by Crippen LogP contribution is -2.48. The van der Waals surface area contributed by atoms with Crippen molar-refractivity contribution in [3.8, 4) is 0 Å². The largest absolute Gasteiger partial charge is 0.344 e. The van der Waals surface area contributed by atoms with Crippen molar-refractivity contribution in [2.45, 2.75) is 13.1 Å². The van der Waals surface area contributed by atoms with Crippen LogP contribution in [0.25, 0.3) is 0 Å². The average molecular weight is 401 g/mol. The SMILES string of the molecule is Cc1ccc(N=C2c3ccccc3C3=NC(=O)NC(c4ccc(Cl)cc4)N32)cc1. The van der Waals surface area contributed by atoms with Gasteiger partial charge in [-0.15, -0.1) is 0 Å². The van der Waals surface area contributed by atoms with E-state index in [2.05, 4.69) is 10.3 Å². The minimum atomic E-state index is -0.427. The van der Waals surface area contributed by atoms with Gasteiger partial charge in [-0.2, -0.15) is 4.99 Å². The van der Waals surface area contributed by atoms with Gasteiger partial charge in [-0.1, -0.05) is 65.7 Å². The van der Waals surface area contributed by atoms with Gasteiger partial charge in [0.25, 0.3) is 0 Å². The summed E-state index contributed by atoms with van der Waals surface area (Å²) in [6.45, 7) is 2.04. The lowest BCUT2D eigenvalue weighted by molar-refractivity contribution is 0.234. The van der Waals surface area contributed by atoms with E-state index in [9.17, 15) is 4.79 Å². The van der Waals surface area contributed by atoms with E-state index < -0.39 is 6.17 Å². The van der Waals surface area contributed by atoms with Gasteiger partial charge >= 0.3 is 6.03 Å². The number of carbonyl (C=O) groups excluding carboxylic acids is 1. The molecule has 3 aromatic carbocycles. The van der Waals surface area contributed by atoms with Crippen LogP contribution in [0.2, 0.25) is 5.02 Å². The van der Waals surface area contributed by atoms with E-state index >= 15 is 0 Å². The summed E-state index contributed by atoms with van der Waals surface area (Å²) < 4.78 is 0. The summed E-state index contributed by atoms with van der Waals surface area (Å²) in [6.07, 6.45) is -0.427. The van der Waals surface area contributed by atoms with Crippen molar-refractivity contribution in [2.24, 2.45) is 9.98 Å². The maximum Gasteiger partial charge on any atom is 0.344 e. The molecule has 1 N–H and O–H groups in total. The standard InChI is InChI=1S/C23H17ClN4O/c1-14-6-12-17(13-7-14)25-21-18-4-2-3-5-19(18)22-27-23(29)26-20(28(21)22)15-8-10-16(24)11-9-15/h2-13,20H,1H3,(H,26,29). The predicted octanol–water partition coefficient (Wildman–Crippen LogP) is 5.21. The molecule has 0 aliphatic carbocycles. The second-order valence-electron chi connectivity index (χ2n) is 7.03. The molecule has 0 aromatic heterocycles. The van der Waals surface area contributed by atoms with Gasteiger partial charge in [0.05, 0.1) is 5.69 Å². The quantitative estimate of drug-likeness (QED) is 0.641. The van der Waals surface area contributed by atoms with Crippen LogP contribution in [0.3, 0.4) is 0 Å². The zero-order valence-electron chi connectivity index (χ0n) is 15.6. The van der Waals surface area contributed by atoms with Gasteiger partial charge < -0.3 is 5.32 Å². The number of nitrogens with zero attached hydrogens (tertiary/aromatic N) is 3. The Morgan fingerprint density at radius 3 is 2.38 bits per heavy atom. The molecule has 0 saturated carbocycles. The van der Waals surface area contributed by atoms with Gasteiger partial charge in [-0.05, 0) is 36.8 Å². The number of hydrogen-bond donors (Lipinski definition) is 1. The number of amidine groups is 2. The zero-order chi connectivity index (χ0) is 20.0. The van der Waals surface area contributed by atoms with Crippen LogP contribution >= 0.6 is 11.6 Å². The Kier molecular flexibility index (Phi) is 4.18. The van der Waals surface area contributed by atoms with Gasteiger partial charge in [0.2, 0.25) is 0 Å². The van der Waals surface area contributed by atoms with E-state index in [4.69, 9.17) is 16.6 Å². The Balaban J connectivity index is 1.69. The number of aliphatic imine (C=N–C) groups is 2. The van der Waals surface area contributed by atoms with Crippen molar-refractivity contribution < 1.29 is 4.79 Å². The first-order valence-corrected chi connectivity index (χ1v) is 9.67. The number of fused-ring (bicyclic) bond motifs is 3. The Labute approximate surface area is 173 Å². The van der Waals surface area contributed by atoms with Gasteiger partial charge in [0, 0.05) is 16.1 Å². The number of hydrogen-bond acceptors (Lipinski definition) is 2. The van der Waals surface area contributed by atoms with Crippen LogP contribution in [-0.4, -0.2) is 22.6 Å². The van der Waals surface area contributed by atoms with E-state index in [1.807, 2.05) is 84.6 Å². The molecular formula is C23H17ClN4O. The third-order valence-corrected chi connectivity index (χ3v) is 5.30. The van der Waals surface area contributed by atoms with Crippen LogP contribution in [0.15, 0.2) is 82.8 Å². The molecule has 1 unspecified atom stereocenters. The van der Waals surface area contributed by atoms with Crippen molar-refractivity contribution in [3.63, 3.8) is 0 Å². The van der Waals surface area contributed by atoms with Crippen molar-refractivity contribution in [1.82, 2.24) is 10.2 Å². The number of halogens is 1. The summed E-state index contributed by atoms with van der Waals surface area (Å²) in [6, 6.07) is 23.0. The number of carbonyl (C=O) groups is 1. The second kappa shape index (κ2) is 6.87. The number of benzene rings is 3. The molecular weight excluding hydrogens is 384 g/mol. The Morgan fingerprint density at radius 1 is 0.966 bits per heavy atom. The first-order valence-electron chi connectivity index (χ1n) is 9.29. The molecule has 2 heterocycles. The molecule has 0 bridgehead atoms. The lowest BCUT2D eigenvalue weighted by Gasteiger charge is -2.33. The highest BCUT2D eigenvalue weighted by molar-refractivity contribution is 6.30. The molecule has 2 amide bonds. The summed E-state index contributed by atoms with van der Waals surface area (Å²) in [5.74, 6) is 1.36. The lowest BCUT2D eigenvalue weighted by atomic mass is 10.1. The molecule has 0 saturated heterocycles. The fourth-order valence-electron chi connectivity index (χ4n) is 3.63. The molecule has 0 fully saturated rings. The smallest absolute Gasteiger partial charge is 0.311 e. The van der Waals surface area contributed by atoms with Crippen LogP contribution in [0.5, 0.6) is 0 Å². The highest BCUT2D eigenvalue weighted by Gasteiger charge is 2.41. The molecule has 6 heteroatoms. The number of amides is 2. The first-order chi connectivity index (χ1) is 14.1. The van der Waals surface area contributed by atoms with E-state index in [-0.39, 0.29) is 6.03 Å². The summed E-state index contributed by atoms with van der Waals surface area (Å²) in [7, 11) is 0. The average Bonchev–Trinajstić information content (AvgIpc) is 3.03. The minimum Gasteiger partial charge on any atom is -0.311 e. The van der Waals surface area contributed by atoms with Crippen LogP contribution in [0, 0.1) is 6.92 Å². The minimum absolute atomic E-state index is 0.373. The van der Waals surface area contributed by atoms with Gasteiger partial charge in [-0.3, -0.25) is 4.90 Å². The number of nitrogens with one attached hydrogen (secondary N) is 1. The molecule has 3 aromatic rings. The highest BCUT2D eigenvalue weighted by Crippen LogP contribution is 2.35. The predicted molar refractivity (Wildman–Crippen MR) is 115 cm³/mol. The van der Waals surface area contributed by atoms with Crippen molar-refractivity contribution in [2.75, 3.05) is 0 Å². The van der Waals surface area contributed by atoms with Crippen LogP contribution in [0.1, 0.15) is 28.4 Å². The molecule has 2 aliphatic heterocycles. The molecule has 2 aliphatic rings. The molecule has 0 spiro atoms.